The first-order valence-corrected chi connectivity index (χ1v) is 9.02. The van der Waals surface area contributed by atoms with Crippen LogP contribution in [0, 0.1) is 18.7 Å². The number of hydrogen-bond donors (Lipinski definition) is 3. The fourth-order valence-corrected chi connectivity index (χ4v) is 2.68. The SMILES string of the molecule is CN=C(NCCCNC(=O)C1CCC1)NC(C)c1ccc(C)c(F)c1.I. The molecule has 1 aromatic rings. The summed E-state index contributed by atoms with van der Waals surface area (Å²) < 4.78 is 13.7. The van der Waals surface area contributed by atoms with Crippen LogP contribution in [0.4, 0.5) is 4.39 Å². The maximum Gasteiger partial charge on any atom is 0.223 e. The molecule has 1 saturated carbocycles. The molecule has 1 atom stereocenters. The van der Waals surface area contributed by atoms with Gasteiger partial charge in [0.15, 0.2) is 5.96 Å². The lowest BCUT2D eigenvalue weighted by Crippen LogP contribution is -2.40. The van der Waals surface area contributed by atoms with E-state index in [0.717, 1.165) is 24.8 Å². The highest BCUT2D eigenvalue weighted by atomic mass is 127. The highest BCUT2D eigenvalue weighted by Crippen LogP contribution is 2.26. The van der Waals surface area contributed by atoms with Crippen LogP contribution in [0.1, 0.15) is 49.8 Å². The minimum atomic E-state index is -0.198. The van der Waals surface area contributed by atoms with Crippen LogP contribution in [-0.2, 0) is 4.79 Å². The van der Waals surface area contributed by atoms with Gasteiger partial charge in [-0.05, 0) is 50.3 Å². The summed E-state index contributed by atoms with van der Waals surface area (Å²) in [6.45, 7) is 5.09. The van der Waals surface area contributed by atoms with E-state index >= 15 is 0 Å². The highest BCUT2D eigenvalue weighted by Gasteiger charge is 2.24. The van der Waals surface area contributed by atoms with Crippen LogP contribution in [0.3, 0.4) is 0 Å². The number of rotatable bonds is 7. The second-order valence-electron chi connectivity index (χ2n) is 6.65. The molecular formula is C19H30FIN4O. The lowest BCUT2D eigenvalue weighted by atomic mass is 9.85. The predicted molar refractivity (Wildman–Crippen MR) is 114 cm³/mol. The third kappa shape index (κ3) is 6.74. The van der Waals surface area contributed by atoms with Crippen LogP contribution >= 0.6 is 24.0 Å². The Labute approximate surface area is 172 Å². The molecule has 0 aliphatic heterocycles. The van der Waals surface area contributed by atoms with Crippen LogP contribution in [0.2, 0.25) is 0 Å². The molecule has 3 N–H and O–H groups in total. The maximum absolute atomic E-state index is 13.7. The van der Waals surface area contributed by atoms with Crippen molar-refractivity contribution in [3.8, 4) is 0 Å². The molecule has 1 fully saturated rings. The van der Waals surface area contributed by atoms with Crippen LogP contribution < -0.4 is 16.0 Å². The summed E-state index contributed by atoms with van der Waals surface area (Å²) in [5.74, 6) is 0.886. The number of nitrogens with zero attached hydrogens (tertiary/aromatic N) is 1. The number of nitrogens with one attached hydrogen (secondary N) is 3. The van der Waals surface area contributed by atoms with Crippen molar-refractivity contribution < 1.29 is 9.18 Å². The fraction of sp³-hybridized carbons (Fsp3) is 0.579. The summed E-state index contributed by atoms with van der Waals surface area (Å²) >= 11 is 0. The van der Waals surface area contributed by atoms with Crippen molar-refractivity contribution in [1.82, 2.24) is 16.0 Å². The molecule has 1 amide bonds. The van der Waals surface area contributed by atoms with Gasteiger partial charge in [-0.2, -0.15) is 0 Å². The number of amides is 1. The molecule has 5 nitrogen and oxygen atoms in total. The second kappa shape index (κ2) is 11.4. The van der Waals surface area contributed by atoms with Crippen LogP contribution in [0.15, 0.2) is 23.2 Å². The van der Waals surface area contributed by atoms with Gasteiger partial charge < -0.3 is 16.0 Å². The van der Waals surface area contributed by atoms with E-state index in [2.05, 4.69) is 20.9 Å². The third-order valence-corrected chi connectivity index (χ3v) is 4.69. The average molecular weight is 476 g/mol. The normalized spacial score (nSPS) is 15.5. The van der Waals surface area contributed by atoms with Crippen molar-refractivity contribution in [1.29, 1.82) is 0 Å². The van der Waals surface area contributed by atoms with E-state index in [4.69, 9.17) is 0 Å². The Balaban J connectivity index is 0.00000338. The van der Waals surface area contributed by atoms with Gasteiger partial charge in [-0.15, -0.1) is 24.0 Å². The van der Waals surface area contributed by atoms with Gasteiger partial charge in [-0.1, -0.05) is 18.6 Å². The molecular weight excluding hydrogens is 446 g/mol. The second-order valence-corrected chi connectivity index (χ2v) is 6.65. The van der Waals surface area contributed by atoms with Gasteiger partial charge in [0.05, 0.1) is 6.04 Å². The summed E-state index contributed by atoms with van der Waals surface area (Å²) in [7, 11) is 1.70. The van der Waals surface area contributed by atoms with Crippen LogP contribution in [-0.4, -0.2) is 32.0 Å². The molecule has 0 aromatic heterocycles. The summed E-state index contributed by atoms with van der Waals surface area (Å²) in [4.78, 5) is 15.9. The molecule has 146 valence electrons. The van der Waals surface area contributed by atoms with E-state index in [9.17, 15) is 9.18 Å². The minimum absolute atomic E-state index is 0. The van der Waals surface area contributed by atoms with Crippen LogP contribution in [0.5, 0.6) is 0 Å². The van der Waals surface area contributed by atoms with E-state index in [0.29, 0.717) is 24.6 Å². The molecule has 7 heteroatoms. The van der Waals surface area contributed by atoms with Crippen molar-refractivity contribution in [2.24, 2.45) is 10.9 Å². The van der Waals surface area contributed by atoms with Gasteiger partial charge in [0.2, 0.25) is 5.91 Å². The molecule has 2 rings (SSSR count). The number of guanidine groups is 1. The Hall–Kier alpha value is -1.38. The molecule has 1 aromatic carbocycles. The Kier molecular flexibility index (Phi) is 9.90. The fourth-order valence-electron chi connectivity index (χ4n) is 2.68. The Morgan fingerprint density at radius 1 is 1.31 bits per heavy atom. The van der Waals surface area contributed by atoms with Crippen molar-refractivity contribution in [2.45, 2.75) is 45.6 Å². The first-order chi connectivity index (χ1) is 12.0. The maximum atomic E-state index is 13.7. The van der Waals surface area contributed by atoms with E-state index in [1.807, 2.05) is 13.0 Å². The summed E-state index contributed by atoms with van der Waals surface area (Å²) in [5, 5.41) is 9.45. The zero-order valence-electron chi connectivity index (χ0n) is 15.8. The number of hydrogen-bond acceptors (Lipinski definition) is 2. The smallest absolute Gasteiger partial charge is 0.223 e. The van der Waals surface area contributed by atoms with Crippen molar-refractivity contribution in [2.75, 3.05) is 20.1 Å². The highest BCUT2D eigenvalue weighted by molar-refractivity contribution is 14.0. The molecule has 1 unspecified atom stereocenters. The molecule has 1 aliphatic rings. The molecule has 1 aliphatic carbocycles. The minimum Gasteiger partial charge on any atom is -0.356 e. The van der Waals surface area contributed by atoms with E-state index < -0.39 is 0 Å². The Morgan fingerprint density at radius 3 is 2.58 bits per heavy atom. The zero-order valence-corrected chi connectivity index (χ0v) is 18.1. The Morgan fingerprint density at radius 2 is 2.00 bits per heavy atom. The zero-order chi connectivity index (χ0) is 18.2. The van der Waals surface area contributed by atoms with Crippen molar-refractivity contribution in [3.05, 3.63) is 35.1 Å². The van der Waals surface area contributed by atoms with E-state index in [-0.39, 0.29) is 47.7 Å². The van der Waals surface area contributed by atoms with Gasteiger partial charge in [-0.3, -0.25) is 9.79 Å². The van der Waals surface area contributed by atoms with Gasteiger partial charge in [0.1, 0.15) is 5.82 Å². The standard InChI is InChI=1S/C19H29FN4O.HI/c1-13-8-9-16(12-17(13)20)14(2)24-19(21-3)23-11-5-10-22-18(25)15-6-4-7-15;/h8-9,12,14-15H,4-7,10-11H2,1-3H3,(H,22,25)(H2,21,23,24);1H. The predicted octanol–water partition coefficient (Wildman–Crippen LogP) is 3.28. The molecule has 0 heterocycles. The number of carbonyl (C=O) groups excluding carboxylic acids is 1. The number of halogens is 2. The molecule has 0 radical (unpaired) electrons. The molecule has 0 saturated heterocycles. The number of carbonyl (C=O) groups is 1. The van der Waals surface area contributed by atoms with Gasteiger partial charge in [0, 0.05) is 26.1 Å². The number of aryl methyl sites for hydroxylation is 1. The lowest BCUT2D eigenvalue weighted by molar-refractivity contribution is -0.127. The lowest BCUT2D eigenvalue weighted by Gasteiger charge is -2.24. The summed E-state index contributed by atoms with van der Waals surface area (Å²) in [6.07, 6.45) is 4.05. The summed E-state index contributed by atoms with van der Waals surface area (Å²) in [5.41, 5.74) is 1.52. The van der Waals surface area contributed by atoms with Gasteiger partial charge in [0.25, 0.3) is 0 Å². The first-order valence-electron chi connectivity index (χ1n) is 9.02. The third-order valence-electron chi connectivity index (χ3n) is 4.69. The first kappa shape index (κ1) is 22.7. The van der Waals surface area contributed by atoms with Crippen LogP contribution in [0.25, 0.3) is 0 Å². The molecule has 0 bridgehead atoms. The molecule has 0 spiro atoms. The quantitative estimate of drug-likeness (QED) is 0.245. The van der Waals surface area contributed by atoms with Crippen molar-refractivity contribution in [3.63, 3.8) is 0 Å². The van der Waals surface area contributed by atoms with Gasteiger partial charge in [-0.25, -0.2) is 4.39 Å². The number of benzene rings is 1. The van der Waals surface area contributed by atoms with E-state index in [1.165, 1.54) is 6.42 Å². The monoisotopic (exact) mass is 476 g/mol. The molecule has 26 heavy (non-hydrogen) atoms. The largest absolute Gasteiger partial charge is 0.356 e. The van der Waals surface area contributed by atoms with E-state index in [1.54, 1.807) is 26.1 Å². The van der Waals surface area contributed by atoms with Gasteiger partial charge >= 0.3 is 0 Å². The topological polar surface area (TPSA) is 65.5 Å². The Bertz CT molecular complexity index is 620. The van der Waals surface area contributed by atoms with Crippen molar-refractivity contribution >= 4 is 35.8 Å². The summed E-state index contributed by atoms with van der Waals surface area (Å²) in [6, 6.07) is 5.19. The average Bonchev–Trinajstić information content (AvgIpc) is 2.54. The number of aliphatic imine (C=N–C) groups is 1.